The molecular weight excluding hydrogens is 317 g/mol. The number of hydrogen-bond donors (Lipinski definition) is 1. The van der Waals surface area contributed by atoms with Crippen molar-refractivity contribution in [1.29, 1.82) is 0 Å². The molecule has 0 aliphatic heterocycles. The van der Waals surface area contributed by atoms with Gasteiger partial charge in [0.25, 0.3) is 0 Å². The van der Waals surface area contributed by atoms with E-state index in [-0.39, 0.29) is 6.10 Å². The molecule has 0 aliphatic carbocycles. The molecule has 0 fully saturated rings. The fourth-order valence-corrected chi connectivity index (χ4v) is 1.89. The lowest BCUT2D eigenvalue weighted by atomic mass is 10.2. The number of nitrogens with one attached hydrogen (secondary N) is 1. The molecule has 0 bridgehead atoms. The van der Waals surface area contributed by atoms with Gasteiger partial charge in [-0.2, -0.15) is 0 Å². The first-order chi connectivity index (χ1) is 7.72. The van der Waals surface area contributed by atoms with Crippen molar-refractivity contribution >= 4 is 28.4 Å². The Morgan fingerprint density at radius 2 is 2.25 bits per heavy atom. The highest BCUT2D eigenvalue weighted by atomic mass is 127. The average molecular weight is 335 g/mol. The van der Waals surface area contributed by atoms with Crippen LogP contribution in [0.15, 0.2) is 6.20 Å². The lowest BCUT2D eigenvalue weighted by Gasteiger charge is -2.14. The molecule has 1 unspecified atom stereocenters. The summed E-state index contributed by atoms with van der Waals surface area (Å²) in [4.78, 5) is 8.82. The lowest BCUT2D eigenvalue weighted by molar-refractivity contribution is 0.0877. The fraction of sp³-hybridized carbons (Fsp3) is 0.636. The summed E-state index contributed by atoms with van der Waals surface area (Å²) in [5, 5.41) is 3.22. The van der Waals surface area contributed by atoms with E-state index in [0.717, 1.165) is 34.6 Å². The number of halogens is 1. The van der Waals surface area contributed by atoms with Crippen LogP contribution in [0.25, 0.3) is 0 Å². The summed E-state index contributed by atoms with van der Waals surface area (Å²) in [5.74, 6) is 1.66. The largest absolute Gasteiger partial charge is 0.373 e. The summed E-state index contributed by atoms with van der Waals surface area (Å²) in [7, 11) is 1.70. The minimum atomic E-state index is -0.000550. The third-order valence-electron chi connectivity index (χ3n) is 2.23. The number of ether oxygens (including phenoxy) is 1. The molecule has 0 saturated carbocycles. The third-order valence-corrected chi connectivity index (χ3v) is 3.02. The smallest absolute Gasteiger partial charge is 0.159 e. The van der Waals surface area contributed by atoms with Crippen molar-refractivity contribution < 1.29 is 4.74 Å². The number of hydrogen-bond acceptors (Lipinski definition) is 4. The first-order valence-corrected chi connectivity index (χ1v) is 6.59. The quantitative estimate of drug-likeness (QED) is 0.812. The van der Waals surface area contributed by atoms with E-state index in [2.05, 4.69) is 51.7 Å². The molecule has 16 heavy (non-hydrogen) atoms. The predicted molar refractivity (Wildman–Crippen MR) is 73.6 cm³/mol. The second-order valence-corrected chi connectivity index (χ2v) is 4.63. The second-order valence-electron chi connectivity index (χ2n) is 3.47. The highest BCUT2D eigenvalue weighted by Crippen LogP contribution is 2.22. The van der Waals surface area contributed by atoms with E-state index in [1.165, 1.54) is 0 Å². The Balaban J connectivity index is 2.91. The Bertz CT molecular complexity index is 333. The van der Waals surface area contributed by atoms with Crippen molar-refractivity contribution in [2.45, 2.75) is 32.8 Å². The van der Waals surface area contributed by atoms with Gasteiger partial charge in [-0.3, -0.25) is 0 Å². The number of nitrogens with zero attached hydrogens (tertiary/aromatic N) is 2. The maximum atomic E-state index is 5.39. The predicted octanol–water partition coefficient (Wildman–Crippen LogP) is 3.00. The Labute approximate surface area is 110 Å². The summed E-state index contributed by atoms with van der Waals surface area (Å²) >= 11 is 2.23. The Kier molecular flexibility index (Phi) is 5.97. The van der Waals surface area contributed by atoms with Gasteiger partial charge in [-0.05, 0) is 35.9 Å². The highest BCUT2D eigenvalue weighted by molar-refractivity contribution is 14.1. The fourth-order valence-electron chi connectivity index (χ4n) is 1.44. The van der Waals surface area contributed by atoms with E-state index < -0.39 is 0 Å². The molecule has 0 spiro atoms. The molecule has 90 valence electrons. The van der Waals surface area contributed by atoms with Crippen LogP contribution in [-0.2, 0) is 4.74 Å². The van der Waals surface area contributed by atoms with Crippen LogP contribution in [0.1, 0.15) is 38.6 Å². The summed E-state index contributed by atoms with van der Waals surface area (Å²) in [6.07, 6.45) is 3.84. The van der Waals surface area contributed by atoms with Crippen LogP contribution in [0, 0.1) is 3.57 Å². The van der Waals surface area contributed by atoms with Crippen molar-refractivity contribution in [1.82, 2.24) is 9.97 Å². The monoisotopic (exact) mass is 335 g/mol. The first-order valence-electron chi connectivity index (χ1n) is 5.52. The van der Waals surface area contributed by atoms with E-state index >= 15 is 0 Å². The average Bonchev–Trinajstić information content (AvgIpc) is 2.29. The first kappa shape index (κ1) is 13.6. The molecule has 0 amide bonds. The van der Waals surface area contributed by atoms with Crippen molar-refractivity contribution in [2.24, 2.45) is 0 Å². The van der Waals surface area contributed by atoms with Crippen LogP contribution in [-0.4, -0.2) is 23.6 Å². The van der Waals surface area contributed by atoms with Crippen LogP contribution >= 0.6 is 22.6 Å². The minimum Gasteiger partial charge on any atom is -0.373 e. The van der Waals surface area contributed by atoms with Crippen LogP contribution in [0.4, 0.5) is 5.82 Å². The molecule has 5 heteroatoms. The van der Waals surface area contributed by atoms with E-state index in [4.69, 9.17) is 4.74 Å². The summed E-state index contributed by atoms with van der Waals surface area (Å²) in [6.45, 7) is 5.04. The number of methoxy groups -OCH3 is 1. The molecule has 0 aromatic carbocycles. The Morgan fingerprint density at radius 3 is 2.81 bits per heavy atom. The lowest BCUT2D eigenvalue weighted by Crippen LogP contribution is -2.10. The van der Waals surface area contributed by atoms with Crippen molar-refractivity contribution in [3.8, 4) is 0 Å². The van der Waals surface area contributed by atoms with Gasteiger partial charge in [-0.15, -0.1) is 0 Å². The van der Waals surface area contributed by atoms with Gasteiger partial charge in [-0.25, -0.2) is 9.97 Å². The molecule has 1 aromatic rings. The molecular formula is C11H18IN3O. The zero-order valence-electron chi connectivity index (χ0n) is 9.96. The van der Waals surface area contributed by atoms with Crippen LogP contribution in [0.3, 0.4) is 0 Å². The molecule has 1 atom stereocenters. The van der Waals surface area contributed by atoms with E-state index in [9.17, 15) is 0 Å². The van der Waals surface area contributed by atoms with Crippen molar-refractivity contribution in [3.63, 3.8) is 0 Å². The normalized spacial score (nSPS) is 12.5. The maximum absolute atomic E-state index is 5.39. The zero-order valence-corrected chi connectivity index (χ0v) is 12.1. The molecule has 0 aliphatic rings. The summed E-state index contributed by atoms with van der Waals surface area (Å²) in [6, 6.07) is 0. The van der Waals surface area contributed by atoms with E-state index in [1.54, 1.807) is 7.11 Å². The van der Waals surface area contributed by atoms with Crippen LogP contribution in [0.2, 0.25) is 0 Å². The highest BCUT2D eigenvalue weighted by Gasteiger charge is 2.14. The summed E-state index contributed by atoms with van der Waals surface area (Å²) in [5.41, 5.74) is 0. The summed E-state index contributed by atoms with van der Waals surface area (Å²) < 4.78 is 6.43. The second kappa shape index (κ2) is 7.01. The number of aromatic nitrogens is 2. The molecule has 1 rings (SSSR count). The molecule has 0 radical (unpaired) electrons. The zero-order chi connectivity index (χ0) is 12.0. The standard InChI is InChI=1S/C11H18IN3O/c1-4-6-9(16-3)11-14-7-8(12)10(15-11)13-5-2/h7,9H,4-6H2,1-3H3,(H,13,14,15). The van der Waals surface area contributed by atoms with Gasteiger partial charge in [-0.1, -0.05) is 13.3 Å². The topological polar surface area (TPSA) is 47.0 Å². The molecule has 1 N–H and O–H groups in total. The number of rotatable bonds is 6. The Morgan fingerprint density at radius 1 is 1.50 bits per heavy atom. The van der Waals surface area contributed by atoms with Gasteiger partial charge >= 0.3 is 0 Å². The van der Waals surface area contributed by atoms with Gasteiger partial charge in [0.05, 0.1) is 3.57 Å². The molecule has 1 heterocycles. The molecule has 4 nitrogen and oxygen atoms in total. The van der Waals surface area contributed by atoms with Gasteiger partial charge < -0.3 is 10.1 Å². The minimum absolute atomic E-state index is 0.000550. The molecule has 1 aromatic heterocycles. The van der Waals surface area contributed by atoms with E-state index in [1.807, 2.05) is 6.20 Å². The van der Waals surface area contributed by atoms with Gasteiger partial charge in [0, 0.05) is 19.9 Å². The molecule has 0 saturated heterocycles. The van der Waals surface area contributed by atoms with Crippen LogP contribution in [0.5, 0.6) is 0 Å². The number of anilines is 1. The van der Waals surface area contributed by atoms with Gasteiger partial charge in [0.1, 0.15) is 11.9 Å². The van der Waals surface area contributed by atoms with Gasteiger partial charge in [0.15, 0.2) is 5.82 Å². The Hall–Kier alpha value is -0.430. The maximum Gasteiger partial charge on any atom is 0.159 e. The van der Waals surface area contributed by atoms with Gasteiger partial charge in [0.2, 0.25) is 0 Å². The SMILES string of the molecule is CCCC(OC)c1ncc(I)c(NCC)n1. The third kappa shape index (κ3) is 3.55. The van der Waals surface area contributed by atoms with Crippen LogP contribution < -0.4 is 5.32 Å². The van der Waals surface area contributed by atoms with Crippen molar-refractivity contribution in [3.05, 3.63) is 15.6 Å². The van der Waals surface area contributed by atoms with E-state index in [0.29, 0.717) is 0 Å². The van der Waals surface area contributed by atoms with Crippen molar-refractivity contribution in [2.75, 3.05) is 19.0 Å².